The zero-order valence-electron chi connectivity index (χ0n) is 16.9. The van der Waals surface area contributed by atoms with Crippen LogP contribution in [-0.4, -0.2) is 35.5 Å². The largest absolute Gasteiger partial charge is 0.353 e. The number of piperidine rings is 1. The molecule has 1 aliphatic heterocycles. The average molecular weight is 505 g/mol. The number of nitrogens with zero attached hydrogens (tertiary/aromatic N) is 1. The third-order valence-corrected chi connectivity index (χ3v) is 6.77. The molecule has 4 nitrogen and oxygen atoms in total. The molecule has 0 atom stereocenters. The fraction of sp³-hybridized carbons (Fsp3) is 0.591. The number of alkyl halides is 2. The van der Waals surface area contributed by atoms with E-state index >= 15 is 0 Å². The van der Waals surface area contributed by atoms with E-state index in [1.807, 2.05) is 24.4 Å². The van der Waals surface area contributed by atoms with Crippen molar-refractivity contribution < 1.29 is 13.6 Å². The molecule has 166 valence electrons. The van der Waals surface area contributed by atoms with Crippen LogP contribution in [0.5, 0.6) is 0 Å². The SMILES string of the molecule is Cl.O=C(Cc1cn(CC2CCC(F)(F)CC2)c2ccc(Br)cc12)NC1CCNCC1. The first kappa shape index (κ1) is 23.5. The van der Waals surface area contributed by atoms with Crippen LogP contribution in [0.15, 0.2) is 28.9 Å². The van der Waals surface area contributed by atoms with E-state index in [0.717, 1.165) is 53.4 Å². The van der Waals surface area contributed by atoms with E-state index in [1.165, 1.54) is 0 Å². The molecule has 4 rings (SSSR count). The molecule has 2 aromatic rings. The molecule has 8 heteroatoms. The Morgan fingerprint density at radius 1 is 1.20 bits per heavy atom. The minimum Gasteiger partial charge on any atom is -0.353 e. The van der Waals surface area contributed by atoms with Crippen molar-refractivity contribution >= 4 is 45.1 Å². The van der Waals surface area contributed by atoms with Crippen LogP contribution in [-0.2, 0) is 17.8 Å². The van der Waals surface area contributed by atoms with Crippen molar-refractivity contribution in [3.63, 3.8) is 0 Å². The Balaban J connectivity index is 0.00000256. The summed E-state index contributed by atoms with van der Waals surface area (Å²) < 4.78 is 30.1. The first-order chi connectivity index (χ1) is 13.9. The maximum absolute atomic E-state index is 13.5. The fourth-order valence-electron chi connectivity index (χ4n) is 4.61. The molecule has 0 spiro atoms. The molecule has 30 heavy (non-hydrogen) atoms. The number of carbonyl (C=O) groups is 1. The highest BCUT2D eigenvalue weighted by Gasteiger charge is 2.35. The van der Waals surface area contributed by atoms with Crippen molar-refractivity contribution in [2.75, 3.05) is 13.1 Å². The van der Waals surface area contributed by atoms with Crippen molar-refractivity contribution in [3.8, 4) is 0 Å². The fourth-order valence-corrected chi connectivity index (χ4v) is 4.97. The van der Waals surface area contributed by atoms with Crippen molar-refractivity contribution in [1.82, 2.24) is 15.2 Å². The number of nitrogens with one attached hydrogen (secondary N) is 2. The van der Waals surface area contributed by atoms with E-state index in [0.29, 0.717) is 19.3 Å². The first-order valence-electron chi connectivity index (χ1n) is 10.5. The Morgan fingerprint density at radius 2 is 1.90 bits per heavy atom. The zero-order chi connectivity index (χ0) is 20.4. The number of aromatic nitrogens is 1. The predicted molar refractivity (Wildman–Crippen MR) is 122 cm³/mol. The Labute approximate surface area is 190 Å². The molecule has 2 N–H and O–H groups in total. The minimum absolute atomic E-state index is 0. The lowest BCUT2D eigenvalue weighted by molar-refractivity contribution is -0.121. The van der Waals surface area contributed by atoms with Gasteiger partial charge in [0.15, 0.2) is 0 Å². The second kappa shape index (κ2) is 9.96. The average Bonchev–Trinajstić information content (AvgIpc) is 3.00. The van der Waals surface area contributed by atoms with Crippen LogP contribution < -0.4 is 10.6 Å². The van der Waals surface area contributed by atoms with Gasteiger partial charge in [-0.25, -0.2) is 8.78 Å². The number of hydrogen-bond donors (Lipinski definition) is 2. The second-order valence-electron chi connectivity index (χ2n) is 8.54. The molecule has 1 saturated heterocycles. The molecular formula is C22H29BrClF2N3O. The summed E-state index contributed by atoms with van der Waals surface area (Å²) in [6, 6.07) is 6.33. The van der Waals surface area contributed by atoms with E-state index in [1.54, 1.807) is 0 Å². The smallest absolute Gasteiger partial charge is 0.248 e. The van der Waals surface area contributed by atoms with Crippen LogP contribution in [0.3, 0.4) is 0 Å². The van der Waals surface area contributed by atoms with E-state index in [-0.39, 0.29) is 43.1 Å². The number of fused-ring (bicyclic) bond motifs is 1. The van der Waals surface area contributed by atoms with Gasteiger partial charge in [0, 0.05) is 47.0 Å². The van der Waals surface area contributed by atoms with Crippen LogP contribution in [0, 0.1) is 5.92 Å². The standard InChI is InChI=1S/C22H28BrF2N3O.ClH/c23-17-1-2-20-19(12-17)16(11-21(29)27-18-5-9-26-10-6-18)14-28(20)13-15-3-7-22(24,25)8-4-15;/h1-2,12,14-15,18,26H,3-11,13H2,(H,27,29);1H. The Kier molecular flexibility index (Phi) is 7.80. The summed E-state index contributed by atoms with van der Waals surface area (Å²) in [5.74, 6) is -2.20. The molecule has 2 heterocycles. The maximum atomic E-state index is 13.5. The molecule has 0 unspecified atom stereocenters. The van der Waals surface area contributed by atoms with Gasteiger partial charge in [0.1, 0.15) is 0 Å². The van der Waals surface area contributed by atoms with Gasteiger partial charge in [0.25, 0.3) is 0 Å². The van der Waals surface area contributed by atoms with Crippen LogP contribution in [0.4, 0.5) is 8.78 Å². The molecule has 1 amide bonds. The normalized spacial score (nSPS) is 20.1. The van der Waals surface area contributed by atoms with Crippen molar-refractivity contribution in [2.45, 2.75) is 63.5 Å². The summed E-state index contributed by atoms with van der Waals surface area (Å²) in [4.78, 5) is 12.6. The lowest BCUT2D eigenvalue weighted by Gasteiger charge is -2.28. The van der Waals surface area contributed by atoms with Crippen LogP contribution >= 0.6 is 28.3 Å². The molecule has 1 saturated carbocycles. The molecule has 2 aliphatic rings. The predicted octanol–water partition coefficient (Wildman–Crippen LogP) is 5.06. The monoisotopic (exact) mass is 503 g/mol. The van der Waals surface area contributed by atoms with Gasteiger partial charge < -0.3 is 15.2 Å². The highest BCUT2D eigenvalue weighted by atomic mass is 79.9. The number of benzene rings is 1. The topological polar surface area (TPSA) is 46.1 Å². The zero-order valence-corrected chi connectivity index (χ0v) is 19.3. The van der Waals surface area contributed by atoms with Crippen molar-refractivity contribution in [1.29, 1.82) is 0 Å². The molecule has 1 aromatic carbocycles. The molecule has 0 radical (unpaired) electrons. The highest BCUT2D eigenvalue weighted by molar-refractivity contribution is 9.10. The minimum atomic E-state index is -2.50. The lowest BCUT2D eigenvalue weighted by Crippen LogP contribution is -2.43. The molecule has 1 aromatic heterocycles. The van der Waals surface area contributed by atoms with Crippen molar-refractivity contribution in [2.24, 2.45) is 5.92 Å². The summed E-state index contributed by atoms with van der Waals surface area (Å²) in [5, 5.41) is 7.53. The summed E-state index contributed by atoms with van der Waals surface area (Å²) in [7, 11) is 0. The van der Waals surface area contributed by atoms with Gasteiger partial charge in [0.2, 0.25) is 11.8 Å². The quantitative estimate of drug-likeness (QED) is 0.598. The summed E-state index contributed by atoms with van der Waals surface area (Å²) in [5.41, 5.74) is 2.06. The highest BCUT2D eigenvalue weighted by Crippen LogP contribution is 2.37. The first-order valence-corrected chi connectivity index (χ1v) is 11.3. The Bertz CT molecular complexity index is 873. The Hall–Kier alpha value is -1.18. The lowest BCUT2D eigenvalue weighted by atomic mass is 9.87. The number of carbonyl (C=O) groups excluding carboxylic acids is 1. The molecule has 1 aliphatic carbocycles. The summed E-state index contributed by atoms with van der Waals surface area (Å²) in [6.07, 6.45) is 5.38. The van der Waals surface area contributed by atoms with Gasteiger partial charge in [-0.15, -0.1) is 12.4 Å². The number of amides is 1. The van der Waals surface area contributed by atoms with Gasteiger partial charge in [-0.2, -0.15) is 0 Å². The van der Waals surface area contributed by atoms with Crippen LogP contribution in [0.2, 0.25) is 0 Å². The Morgan fingerprint density at radius 3 is 2.60 bits per heavy atom. The summed E-state index contributed by atoms with van der Waals surface area (Å²) >= 11 is 3.53. The van der Waals surface area contributed by atoms with Gasteiger partial charge in [-0.05, 0) is 68.5 Å². The number of halogens is 4. The van der Waals surface area contributed by atoms with E-state index in [2.05, 4.69) is 31.1 Å². The maximum Gasteiger partial charge on any atom is 0.248 e. The van der Waals surface area contributed by atoms with Gasteiger partial charge in [0.05, 0.1) is 6.42 Å². The second-order valence-corrected chi connectivity index (χ2v) is 9.45. The third-order valence-electron chi connectivity index (χ3n) is 6.27. The number of hydrogen-bond acceptors (Lipinski definition) is 2. The van der Waals surface area contributed by atoms with Gasteiger partial charge in [-0.3, -0.25) is 4.79 Å². The van der Waals surface area contributed by atoms with E-state index in [9.17, 15) is 13.6 Å². The molecule has 0 bridgehead atoms. The summed E-state index contributed by atoms with van der Waals surface area (Å²) in [6.45, 7) is 2.61. The van der Waals surface area contributed by atoms with Crippen LogP contribution in [0.1, 0.15) is 44.1 Å². The van der Waals surface area contributed by atoms with Gasteiger partial charge >= 0.3 is 0 Å². The third kappa shape index (κ3) is 5.74. The van der Waals surface area contributed by atoms with Crippen LogP contribution in [0.25, 0.3) is 10.9 Å². The molecule has 2 fully saturated rings. The van der Waals surface area contributed by atoms with E-state index < -0.39 is 5.92 Å². The molecular weight excluding hydrogens is 476 g/mol. The van der Waals surface area contributed by atoms with Crippen molar-refractivity contribution in [3.05, 3.63) is 34.4 Å². The van der Waals surface area contributed by atoms with Gasteiger partial charge in [-0.1, -0.05) is 15.9 Å². The van der Waals surface area contributed by atoms with E-state index in [4.69, 9.17) is 0 Å². The number of rotatable bonds is 5.